The minimum absolute atomic E-state index is 0.239. The van der Waals surface area contributed by atoms with E-state index >= 15 is 0 Å². The van der Waals surface area contributed by atoms with E-state index in [-0.39, 0.29) is 5.69 Å². The van der Waals surface area contributed by atoms with Crippen molar-refractivity contribution in [2.45, 2.75) is 32.3 Å². The SMILES string of the molecule is COC(=O)c1c(OCc2ccccc2)c2ccc(C3=CCCCC3)cc2c2ncnn12. The Balaban J connectivity index is 1.70. The number of benzene rings is 2. The lowest BCUT2D eigenvalue weighted by Crippen LogP contribution is -2.13. The highest BCUT2D eigenvalue weighted by Crippen LogP contribution is 2.36. The van der Waals surface area contributed by atoms with Crippen LogP contribution in [0.1, 0.15) is 47.3 Å². The number of fused-ring (bicyclic) bond motifs is 3. The standard InChI is InChI=1S/C25H23N3O3/c1-30-25(29)22-23(31-15-17-8-4-2-5-9-17)20-13-12-19(18-10-6-3-7-11-18)14-21(20)24-26-16-27-28(22)24/h2,4-5,8-10,12-14,16H,3,6-7,11,15H2,1H3. The maximum absolute atomic E-state index is 12.7. The van der Waals surface area contributed by atoms with E-state index in [0.717, 1.165) is 29.2 Å². The average Bonchev–Trinajstić information content (AvgIpc) is 3.32. The largest absolute Gasteiger partial charge is 0.486 e. The van der Waals surface area contributed by atoms with Crippen molar-refractivity contribution >= 4 is 28.0 Å². The molecule has 0 saturated carbocycles. The molecule has 2 aromatic heterocycles. The summed E-state index contributed by atoms with van der Waals surface area (Å²) in [5.41, 5.74) is 4.39. The van der Waals surface area contributed by atoms with Gasteiger partial charge in [-0.1, -0.05) is 42.5 Å². The second kappa shape index (κ2) is 8.22. The Hall–Kier alpha value is -3.67. The summed E-state index contributed by atoms with van der Waals surface area (Å²) < 4.78 is 12.8. The van der Waals surface area contributed by atoms with Crippen LogP contribution in [0.2, 0.25) is 0 Å². The van der Waals surface area contributed by atoms with E-state index in [1.54, 1.807) is 0 Å². The summed E-state index contributed by atoms with van der Waals surface area (Å²) in [5, 5.41) is 6.02. The van der Waals surface area contributed by atoms with Gasteiger partial charge in [-0.05, 0) is 54.5 Å². The van der Waals surface area contributed by atoms with E-state index in [2.05, 4.69) is 28.3 Å². The summed E-state index contributed by atoms with van der Waals surface area (Å²) in [6, 6.07) is 16.1. The van der Waals surface area contributed by atoms with Gasteiger partial charge in [0.2, 0.25) is 0 Å². The Bertz CT molecular complexity index is 1290. The minimum Gasteiger partial charge on any atom is -0.486 e. The third-order valence-corrected chi connectivity index (χ3v) is 5.75. The summed E-state index contributed by atoms with van der Waals surface area (Å²) in [6.45, 7) is 0.326. The Labute approximate surface area is 180 Å². The molecule has 0 saturated heterocycles. The zero-order chi connectivity index (χ0) is 21.2. The molecular formula is C25H23N3O3. The van der Waals surface area contributed by atoms with Gasteiger partial charge in [-0.3, -0.25) is 0 Å². The van der Waals surface area contributed by atoms with Crippen molar-refractivity contribution in [3.05, 3.63) is 77.8 Å². The molecule has 6 heteroatoms. The summed E-state index contributed by atoms with van der Waals surface area (Å²) in [4.78, 5) is 17.2. The van der Waals surface area contributed by atoms with Crippen molar-refractivity contribution in [2.24, 2.45) is 0 Å². The van der Waals surface area contributed by atoms with Crippen LogP contribution < -0.4 is 4.74 Å². The molecule has 156 valence electrons. The number of esters is 1. The number of pyridine rings is 1. The summed E-state index contributed by atoms with van der Waals surface area (Å²) in [5.74, 6) is -0.0626. The van der Waals surface area contributed by atoms with Gasteiger partial charge in [-0.25, -0.2) is 14.3 Å². The lowest BCUT2D eigenvalue weighted by Gasteiger charge is -2.17. The lowest BCUT2D eigenvalue weighted by molar-refractivity contribution is 0.0585. The molecule has 2 heterocycles. The van der Waals surface area contributed by atoms with Gasteiger partial charge in [0, 0.05) is 10.8 Å². The number of allylic oxidation sites excluding steroid dienone is 2. The number of ether oxygens (including phenoxy) is 2. The molecule has 6 nitrogen and oxygen atoms in total. The molecular weight excluding hydrogens is 390 g/mol. The monoisotopic (exact) mass is 413 g/mol. The molecule has 0 unspecified atom stereocenters. The second-order valence-electron chi connectivity index (χ2n) is 7.67. The molecule has 31 heavy (non-hydrogen) atoms. The summed E-state index contributed by atoms with van der Waals surface area (Å²) >= 11 is 0. The normalized spacial score (nSPS) is 13.9. The third kappa shape index (κ3) is 3.54. The smallest absolute Gasteiger partial charge is 0.360 e. The molecule has 0 spiro atoms. The van der Waals surface area contributed by atoms with Crippen LogP contribution >= 0.6 is 0 Å². The number of nitrogens with zero attached hydrogens (tertiary/aromatic N) is 3. The highest BCUT2D eigenvalue weighted by atomic mass is 16.5. The first kappa shape index (κ1) is 19.3. The fourth-order valence-electron chi connectivity index (χ4n) is 4.19. The van der Waals surface area contributed by atoms with Crippen LogP contribution in [-0.2, 0) is 11.3 Å². The topological polar surface area (TPSA) is 65.7 Å². The maximum atomic E-state index is 12.7. The molecule has 0 atom stereocenters. The lowest BCUT2D eigenvalue weighted by atomic mass is 9.92. The molecule has 0 bridgehead atoms. The van der Waals surface area contributed by atoms with Gasteiger partial charge in [-0.2, -0.15) is 5.10 Å². The number of rotatable bonds is 5. The number of hydrogen-bond donors (Lipinski definition) is 0. The van der Waals surface area contributed by atoms with Crippen molar-refractivity contribution in [3.63, 3.8) is 0 Å². The fourth-order valence-corrected chi connectivity index (χ4v) is 4.19. The predicted octanol–water partition coefficient (Wildman–Crippen LogP) is 5.21. The van der Waals surface area contributed by atoms with E-state index in [1.807, 2.05) is 36.4 Å². The van der Waals surface area contributed by atoms with Crippen molar-refractivity contribution < 1.29 is 14.3 Å². The predicted molar refractivity (Wildman–Crippen MR) is 119 cm³/mol. The van der Waals surface area contributed by atoms with Crippen molar-refractivity contribution in [1.29, 1.82) is 0 Å². The molecule has 4 aromatic rings. The first-order chi connectivity index (χ1) is 15.3. The van der Waals surface area contributed by atoms with E-state index in [0.29, 0.717) is 18.0 Å². The van der Waals surface area contributed by atoms with Crippen LogP contribution in [0.15, 0.2) is 60.9 Å². The zero-order valence-electron chi connectivity index (χ0n) is 17.4. The maximum Gasteiger partial charge on any atom is 0.360 e. The van der Waals surface area contributed by atoms with Crippen LogP contribution in [-0.4, -0.2) is 27.7 Å². The number of hydrogen-bond acceptors (Lipinski definition) is 5. The van der Waals surface area contributed by atoms with Crippen molar-refractivity contribution in [2.75, 3.05) is 7.11 Å². The van der Waals surface area contributed by atoms with E-state index in [1.165, 1.54) is 41.9 Å². The third-order valence-electron chi connectivity index (χ3n) is 5.75. The highest BCUT2D eigenvalue weighted by molar-refractivity contribution is 6.06. The quantitative estimate of drug-likeness (QED) is 0.421. The molecule has 0 fully saturated rings. The second-order valence-corrected chi connectivity index (χ2v) is 7.67. The molecule has 2 aromatic carbocycles. The number of methoxy groups -OCH3 is 1. The molecule has 0 N–H and O–H groups in total. The first-order valence-corrected chi connectivity index (χ1v) is 10.5. The van der Waals surface area contributed by atoms with Crippen molar-refractivity contribution in [1.82, 2.24) is 14.6 Å². The molecule has 5 rings (SSSR count). The van der Waals surface area contributed by atoms with Crippen LogP contribution in [0, 0.1) is 0 Å². The Kier molecular flexibility index (Phi) is 5.12. The molecule has 1 aliphatic rings. The Morgan fingerprint density at radius 3 is 2.74 bits per heavy atom. The van der Waals surface area contributed by atoms with E-state index in [4.69, 9.17) is 9.47 Å². The van der Waals surface area contributed by atoms with Gasteiger partial charge in [0.25, 0.3) is 0 Å². The molecule has 0 radical (unpaired) electrons. The minimum atomic E-state index is -0.514. The summed E-state index contributed by atoms with van der Waals surface area (Å²) in [7, 11) is 1.36. The Morgan fingerprint density at radius 1 is 1.10 bits per heavy atom. The van der Waals surface area contributed by atoms with Gasteiger partial charge in [-0.15, -0.1) is 0 Å². The number of carbonyl (C=O) groups excluding carboxylic acids is 1. The Morgan fingerprint density at radius 2 is 1.97 bits per heavy atom. The van der Waals surface area contributed by atoms with Crippen LogP contribution in [0.3, 0.4) is 0 Å². The van der Waals surface area contributed by atoms with E-state index in [9.17, 15) is 4.79 Å². The first-order valence-electron chi connectivity index (χ1n) is 10.5. The number of aromatic nitrogens is 3. The van der Waals surface area contributed by atoms with Gasteiger partial charge in [0.05, 0.1) is 7.11 Å². The van der Waals surface area contributed by atoms with Crippen LogP contribution in [0.5, 0.6) is 5.75 Å². The highest BCUT2D eigenvalue weighted by Gasteiger charge is 2.24. The molecule has 0 aliphatic heterocycles. The van der Waals surface area contributed by atoms with Crippen LogP contribution in [0.4, 0.5) is 0 Å². The van der Waals surface area contributed by atoms with Crippen molar-refractivity contribution in [3.8, 4) is 5.75 Å². The number of carbonyl (C=O) groups is 1. The zero-order valence-corrected chi connectivity index (χ0v) is 17.4. The van der Waals surface area contributed by atoms with Crippen LogP contribution in [0.25, 0.3) is 22.0 Å². The van der Waals surface area contributed by atoms with Gasteiger partial charge < -0.3 is 9.47 Å². The average molecular weight is 413 g/mol. The van der Waals surface area contributed by atoms with Gasteiger partial charge in [0.1, 0.15) is 12.9 Å². The molecule has 0 amide bonds. The van der Waals surface area contributed by atoms with E-state index < -0.39 is 5.97 Å². The van der Waals surface area contributed by atoms with Gasteiger partial charge >= 0.3 is 5.97 Å². The summed E-state index contributed by atoms with van der Waals surface area (Å²) in [6.07, 6.45) is 8.41. The van der Waals surface area contributed by atoms with Gasteiger partial charge in [0.15, 0.2) is 17.1 Å². The fraction of sp³-hybridized carbons (Fsp3) is 0.240. The molecule has 1 aliphatic carbocycles.